The number of anilines is 2. The summed E-state index contributed by atoms with van der Waals surface area (Å²) >= 11 is 0. The molecule has 0 radical (unpaired) electrons. The van der Waals surface area contributed by atoms with Crippen LogP contribution in [0.4, 0.5) is 11.4 Å². The van der Waals surface area contributed by atoms with Gasteiger partial charge in [0.25, 0.3) is 0 Å². The number of hydrogen-bond acceptors (Lipinski definition) is 5. The molecular formula is C11H13N5O2. The zero-order valence-corrected chi connectivity index (χ0v) is 9.79. The summed E-state index contributed by atoms with van der Waals surface area (Å²) in [6.45, 7) is 0.451. The third kappa shape index (κ3) is 2.57. The molecule has 1 aromatic carbocycles. The van der Waals surface area contributed by atoms with Crippen molar-refractivity contribution in [1.29, 1.82) is 0 Å². The third-order valence-corrected chi connectivity index (χ3v) is 2.38. The summed E-state index contributed by atoms with van der Waals surface area (Å²) in [6.07, 6.45) is 1.61. The van der Waals surface area contributed by atoms with Crippen molar-refractivity contribution in [2.45, 2.75) is 6.54 Å². The van der Waals surface area contributed by atoms with Crippen LogP contribution in [0.2, 0.25) is 0 Å². The van der Waals surface area contributed by atoms with E-state index < -0.39 is 5.97 Å². The van der Waals surface area contributed by atoms with Gasteiger partial charge in [0.2, 0.25) is 0 Å². The Hall–Kier alpha value is -2.57. The van der Waals surface area contributed by atoms with Crippen LogP contribution < -0.4 is 11.1 Å². The van der Waals surface area contributed by atoms with Gasteiger partial charge in [-0.25, -0.2) is 9.78 Å². The first-order chi connectivity index (χ1) is 8.56. The summed E-state index contributed by atoms with van der Waals surface area (Å²) in [4.78, 5) is 14.9. The number of rotatable bonds is 4. The van der Waals surface area contributed by atoms with E-state index in [1.807, 2.05) is 0 Å². The van der Waals surface area contributed by atoms with E-state index in [1.165, 1.54) is 6.07 Å². The quantitative estimate of drug-likeness (QED) is 0.687. The van der Waals surface area contributed by atoms with Crippen LogP contribution in [-0.2, 0) is 13.6 Å². The topological polar surface area (TPSA) is 106 Å². The van der Waals surface area contributed by atoms with Crippen molar-refractivity contribution in [3.63, 3.8) is 0 Å². The predicted molar refractivity (Wildman–Crippen MR) is 66.1 cm³/mol. The van der Waals surface area contributed by atoms with E-state index in [0.29, 0.717) is 12.4 Å². The number of benzene rings is 1. The molecule has 1 aromatic heterocycles. The molecule has 1 heterocycles. The van der Waals surface area contributed by atoms with Crippen molar-refractivity contribution < 1.29 is 9.90 Å². The Labute approximate surface area is 103 Å². The number of nitrogen functional groups attached to an aromatic ring is 1. The van der Waals surface area contributed by atoms with Crippen molar-refractivity contribution in [3.05, 3.63) is 35.9 Å². The van der Waals surface area contributed by atoms with Gasteiger partial charge >= 0.3 is 5.97 Å². The maximum atomic E-state index is 10.8. The molecule has 7 nitrogen and oxygen atoms in total. The van der Waals surface area contributed by atoms with Crippen molar-refractivity contribution >= 4 is 17.3 Å². The highest BCUT2D eigenvalue weighted by Gasteiger charge is 2.08. The van der Waals surface area contributed by atoms with Gasteiger partial charge in [0.1, 0.15) is 6.33 Å². The summed E-state index contributed by atoms with van der Waals surface area (Å²) < 4.78 is 1.61. The molecule has 0 saturated carbocycles. The highest BCUT2D eigenvalue weighted by Crippen LogP contribution is 2.18. The Morgan fingerprint density at radius 1 is 1.56 bits per heavy atom. The van der Waals surface area contributed by atoms with Crippen molar-refractivity contribution in [3.8, 4) is 0 Å². The number of aryl methyl sites for hydroxylation is 1. The third-order valence-electron chi connectivity index (χ3n) is 2.38. The molecule has 94 valence electrons. The maximum Gasteiger partial charge on any atom is 0.337 e. The Kier molecular flexibility index (Phi) is 3.13. The highest BCUT2D eigenvalue weighted by molar-refractivity contribution is 5.94. The second kappa shape index (κ2) is 4.74. The number of nitrogens with two attached hydrogens (primary N) is 1. The Balaban J connectivity index is 2.06. The van der Waals surface area contributed by atoms with E-state index in [2.05, 4.69) is 15.4 Å². The standard InChI is InChI=1S/C11H13N5O2/c1-16-6-14-10(15-16)5-13-7-2-3-8(11(17)18)9(12)4-7/h2-4,6,13H,5,12H2,1H3,(H,17,18). The number of nitrogens with one attached hydrogen (secondary N) is 1. The summed E-state index contributed by atoms with van der Waals surface area (Å²) in [6, 6.07) is 4.70. The van der Waals surface area contributed by atoms with Gasteiger partial charge in [-0.05, 0) is 18.2 Å². The van der Waals surface area contributed by atoms with Gasteiger partial charge in [0.05, 0.1) is 12.1 Å². The predicted octanol–water partition coefficient (Wildman–Crippen LogP) is 0.708. The molecule has 0 fully saturated rings. The summed E-state index contributed by atoms with van der Waals surface area (Å²) in [5, 5.41) is 16.0. The van der Waals surface area contributed by atoms with E-state index in [1.54, 1.807) is 30.2 Å². The summed E-state index contributed by atoms with van der Waals surface area (Å²) in [7, 11) is 1.79. The molecule has 0 atom stereocenters. The van der Waals surface area contributed by atoms with E-state index in [0.717, 1.165) is 5.69 Å². The number of aromatic carboxylic acids is 1. The van der Waals surface area contributed by atoms with Crippen LogP contribution in [0, 0.1) is 0 Å². The van der Waals surface area contributed by atoms with E-state index in [-0.39, 0.29) is 11.3 Å². The molecule has 0 amide bonds. The number of carboxylic acids is 1. The lowest BCUT2D eigenvalue weighted by atomic mass is 10.1. The monoisotopic (exact) mass is 247 g/mol. The zero-order valence-electron chi connectivity index (χ0n) is 9.79. The summed E-state index contributed by atoms with van der Waals surface area (Å²) in [5.74, 6) is -0.385. The molecule has 0 bridgehead atoms. The largest absolute Gasteiger partial charge is 0.478 e. The van der Waals surface area contributed by atoms with Crippen LogP contribution in [-0.4, -0.2) is 25.8 Å². The zero-order chi connectivity index (χ0) is 13.1. The fraction of sp³-hybridized carbons (Fsp3) is 0.182. The van der Waals surface area contributed by atoms with Gasteiger partial charge in [-0.2, -0.15) is 5.10 Å². The molecule has 2 aromatic rings. The van der Waals surface area contributed by atoms with Gasteiger partial charge in [-0.3, -0.25) is 4.68 Å². The van der Waals surface area contributed by atoms with E-state index in [4.69, 9.17) is 10.8 Å². The normalized spacial score (nSPS) is 10.3. The number of carboxylic acid groups (broad SMARTS) is 1. The fourth-order valence-electron chi connectivity index (χ4n) is 1.51. The minimum Gasteiger partial charge on any atom is -0.478 e. The lowest BCUT2D eigenvalue weighted by Gasteiger charge is -2.06. The van der Waals surface area contributed by atoms with Crippen molar-refractivity contribution in [1.82, 2.24) is 14.8 Å². The van der Waals surface area contributed by atoms with Crippen LogP contribution in [0.5, 0.6) is 0 Å². The van der Waals surface area contributed by atoms with Crippen LogP contribution in [0.1, 0.15) is 16.2 Å². The molecule has 0 aliphatic carbocycles. The number of nitrogens with zero attached hydrogens (tertiary/aromatic N) is 3. The van der Waals surface area contributed by atoms with E-state index >= 15 is 0 Å². The van der Waals surface area contributed by atoms with Crippen molar-refractivity contribution in [2.24, 2.45) is 7.05 Å². The molecule has 0 saturated heterocycles. The average Bonchev–Trinajstić information content (AvgIpc) is 2.72. The van der Waals surface area contributed by atoms with Gasteiger partial charge in [0, 0.05) is 18.4 Å². The molecule has 0 unspecified atom stereocenters. The van der Waals surface area contributed by atoms with Crippen LogP contribution >= 0.6 is 0 Å². The van der Waals surface area contributed by atoms with Crippen molar-refractivity contribution in [2.75, 3.05) is 11.1 Å². The Morgan fingerprint density at radius 3 is 2.89 bits per heavy atom. The highest BCUT2D eigenvalue weighted by atomic mass is 16.4. The second-order valence-corrected chi connectivity index (χ2v) is 3.80. The number of carbonyl (C=O) groups is 1. The molecule has 7 heteroatoms. The molecule has 0 aliphatic heterocycles. The fourth-order valence-corrected chi connectivity index (χ4v) is 1.51. The number of aromatic nitrogens is 3. The number of hydrogen-bond donors (Lipinski definition) is 3. The first-order valence-electron chi connectivity index (χ1n) is 5.27. The lowest BCUT2D eigenvalue weighted by Crippen LogP contribution is -2.05. The smallest absolute Gasteiger partial charge is 0.337 e. The van der Waals surface area contributed by atoms with Gasteiger partial charge in [-0.15, -0.1) is 0 Å². The second-order valence-electron chi connectivity index (χ2n) is 3.80. The first-order valence-corrected chi connectivity index (χ1v) is 5.27. The minimum absolute atomic E-state index is 0.0940. The van der Waals surface area contributed by atoms with Crippen LogP contribution in [0.15, 0.2) is 24.5 Å². The van der Waals surface area contributed by atoms with Gasteiger partial charge < -0.3 is 16.2 Å². The average molecular weight is 247 g/mol. The lowest BCUT2D eigenvalue weighted by molar-refractivity contribution is 0.0698. The Bertz CT molecular complexity index is 579. The molecular weight excluding hydrogens is 234 g/mol. The minimum atomic E-state index is -1.04. The molecule has 18 heavy (non-hydrogen) atoms. The van der Waals surface area contributed by atoms with Crippen LogP contribution in [0.3, 0.4) is 0 Å². The molecule has 0 spiro atoms. The molecule has 0 aliphatic rings. The van der Waals surface area contributed by atoms with Gasteiger partial charge in [0.15, 0.2) is 5.82 Å². The maximum absolute atomic E-state index is 10.8. The van der Waals surface area contributed by atoms with Gasteiger partial charge in [-0.1, -0.05) is 0 Å². The van der Waals surface area contributed by atoms with E-state index in [9.17, 15) is 4.79 Å². The first kappa shape index (κ1) is 11.9. The SMILES string of the molecule is Cn1cnc(CNc2ccc(C(=O)O)c(N)c2)n1. The molecule has 4 N–H and O–H groups in total. The molecule has 2 rings (SSSR count). The summed E-state index contributed by atoms with van der Waals surface area (Å²) in [5.41, 5.74) is 6.68. The van der Waals surface area contributed by atoms with Crippen LogP contribution in [0.25, 0.3) is 0 Å². The Morgan fingerprint density at radius 2 is 2.33 bits per heavy atom.